The second kappa shape index (κ2) is 7.97. The van der Waals surface area contributed by atoms with Crippen molar-refractivity contribution in [1.82, 2.24) is 5.32 Å². The summed E-state index contributed by atoms with van der Waals surface area (Å²) >= 11 is 0. The van der Waals surface area contributed by atoms with Gasteiger partial charge in [0.1, 0.15) is 0 Å². The SMILES string of the molecule is CNCCOCCOCCNc1c(C)c(=O)c1=O. The topological polar surface area (TPSA) is 76.7 Å². The first kappa shape index (κ1) is 14.8. The summed E-state index contributed by atoms with van der Waals surface area (Å²) in [5.41, 5.74) is 0.114. The molecule has 0 radical (unpaired) electrons. The van der Waals surface area contributed by atoms with E-state index in [1.54, 1.807) is 6.92 Å². The highest BCUT2D eigenvalue weighted by Gasteiger charge is 2.15. The summed E-state index contributed by atoms with van der Waals surface area (Å²) in [4.78, 5) is 22.0. The van der Waals surface area contributed by atoms with Gasteiger partial charge < -0.3 is 20.1 Å². The highest BCUT2D eigenvalue weighted by atomic mass is 16.5. The first-order chi connectivity index (χ1) is 8.68. The van der Waals surface area contributed by atoms with Crippen molar-refractivity contribution in [1.29, 1.82) is 0 Å². The van der Waals surface area contributed by atoms with Crippen LogP contribution in [0.1, 0.15) is 5.56 Å². The van der Waals surface area contributed by atoms with Crippen LogP contribution in [0.2, 0.25) is 0 Å². The smallest absolute Gasteiger partial charge is 0.249 e. The van der Waals surface area contributed by atoms with Gasteiger partial charge in [-0.15, -0.1) is 0 Å². The molecule has 0 aliphatic rings. The first-order valence-electron chi connectivity index (χ1n) is 6.02. The normalized spacial score (nSPS) is 11.0. The zero-order chi connectivity index (χ0) is 13.4. The van der Waals surface area contributed by atoms with E-state index < -0.39 is 10.9 Å². The van der Waals surface area contributed by atoms with Gasteiger partial charge in [0, 0.05) is 18.7 Å². The molecule has 6 heteroatoms. The lowest BCUT2D eigenvalue weighted by atomic mass is 10.1. The van der Waals surface area contributed by atoms with Crippen molar-refractivity contribution in [2.24, 2.45) is 0 Å². The number of rotatable bonds is 10. The monoisotopic (exact) mass is 256 g/mol. The average Bonchev–Trinajstić information content (AvgIpc) is 2.40. The summed E-state index contributed by atoms with van der Waals surface area (Å²) < 4.78 is 10.6. The van der Waals surface area contributed by atoms with Crippen molar-refractivity contribution >= 4 is 5.69 Å². The summed E-state index contributed by atoms with van der Waals surface area (Å²) in [5.74, 6) is 0. The van der Waals surface area contributed by atoms with Crippen LogP contribution < -0.4 is 21.5 Å². The lowest BCUT2D eigenvalue weighted by Crippen LogP contribution is -2.37. The molecule has 0 fully saturated rings. The third-order valence-electron chi connectivity index (χ3n) is 2.57. The van der Waals surface area contributed by atoms with Crippen molar-refractivity contribution in [3.63, 3.8) is 0 Å². The second-order valence-electron chi connectivity index (χ2n) is 3.91. The van der Waals surface area contributed by atoms with E-state index in [-0.39, 0.29) is 0 Å². The summed E-state index contributed by atoms with van der Waals surface area (Å²) in [6, 6.07) is 0. The summed E-state index contributed by atoms with van der Waals surface area (Å²) in [5, 5.41) is 5.87. The van der Waals surface area contributed by atoms with E-state index in [9.17, 15) is 9.59 Å². The molecule has 0 atom stereocenters. The molecule has 0 amide bonds. The number of ether oxygens (including phenoxy) is 2. The predicted molar refractivity (Wildman–Crippen MR) is 70.1 cm³/mol. The molecule has 0 heterocycles. The van der Waals surface area contributed by atoms with Crippen molar-refractivity contribution in [3.8, 4) is 0 Å². The molecule has 0 aliphatic carbocycles. The van der Waals surface area contributed by atoms with Crippen molar-refractivity contribution < 1.29 is 9.47 Å². The van der Waals surface area contributed by atoms with Crippen LogP contribution in [0, 0.1) is 6.92 Å². The number of hydrogen-bond donors (Lipinski definition) is 2. The van der Waals surface area contributed by atoms with E-state index >= 15 is 0 Å². The van der Waals surface area contributed by atoms with Gasteiger partial charge in [-0.3, -0.25) is 9.59 Å². The summed E-state index contributed by atoms with van der Waals surface area (Å²) in [6.45, 7) is 5.21. The average molecular weight is 256 g/mol. The third-order valence-corrected chi connectivity index (χ3v) is 2.57. The molecule has 1 aromatic carbocycles. The van der Waals surface area contributed by atoms with Gasteiger partial charge in [0.2, 0.25) is 10.9 Å². The Morgan fingerprint density at radius 1 is 0.944 bits per heavy atom. The standard InChI is InChI=1S/C12H20N2O4/c1-9-10(12(16)11(9)15)14-4-6-18-8-7-17-5-3-13-2/h13-14H,3-8H2,1-2H3. The van der Waals surface area contributed by atoms with Gasteiger partial charge >= 0.3 is 0 Å². The lowest BCUT2D eigenvalue weighted by molar-refractivity contribution is 0.0532. The van der Waals surface area contributed by atoms with E-state index in [0.29, 0.717) is 44.2 Å². The first-order valence-corrected chi connectivity index (χ1v) is 6.02. The molecule has 1 aromatic rings. The number of hydrogen-bond acceptors (Lipinski definition) is 6. The van der Waals surface area contributed by atoms with Gasteiger partial charge in [-0.2, -0.15) is 0 Å². The van der Waals surface area contributed by atoms with Crippen LogP contribution in [0.3, 0.4) is 0 Å². The van der Waals surface area contributed by atoms with Gasteiger partial charge in [-0.1, -0.05) is 0 Å². The number of likely N-dealkylation sites (N-methyl/N-ethyl adjacent to an activating group) is 1. The largest absolute Gasteiger partial charge is 0.379 e. The van der Waals surface area contributed by atoms with Crippen LogP contribution in [0.5, 0.6) is 0 Å². The summed E-state index contributed by atoms with van der Waals surface area (Å²) in [6.07, 6.45) is 0. The molecule has 0 bridgehead atoms. The fourth-order valence-electron chi connectivity index (χ4n) is 1.46. The Morgan fingerprint density at radius 2 is 1.56 bits per heavy atom. The van der Waals surface area contributed by atoms with Crippen LogP contribution in [-0.2, 0) is 9.47 Å². The van der Waals surface area contributed by atoms with Crippen molar-refractivity contribution in [3.05, 3.63) is 26.0 Å². The van der Waals surface area contributed by atoms with Crippen LogP contribution in [-0.4, -0.2) is 46.6 Å². The highest BCUT2D eigenvalue weighted by Crippen LogP contribution is 2.03. The molecule has 1 rings (SSSR count). The van der Waals surface area contributed by atoms with Gasteiger partial charge in [0.15, 0.2) is 0 Å². The molecule has 0 saturated carbocycles. The van der Waals surface area contributed by atoms with E-state index in [1.165, 1.54) is 0 Å². The number of anilines is 1. The fourth-order valence-corrected chi connectivity index (χ4v) is 1.46. The molecule has 0 spiro atoms. The Kier molecular flexibility index (Phi) is 6.56. The lowest BCUT2D eigenvalue weighted by Gasteiger charge is -2.10. The maximum Gasteiger partial charge on any atom is 0.249 e. The van der Waals surface area contributed by atoms with E-state index in [4.69, 9.17) is 9.47 Å². The zero-order valence-electron chi connectivity index (χ0n) is 10.9. The van der Waals surface area contributed by atoms with Crippen LogP contribution in [0.25, 0.3) is 0 Å². The highest BCUT2D eigenvalue weighted by molar-refractivity contribution is 5.55. The zero-order valence-corrected chi connectivity index (χ0v) is 10.9. The van der Waals surface area contributed by atoms with Crippen molar-refractivity contribution in [2.75, 3.05) is 51.9 Å². The molecule has 0 unspecified atom stereocenters. The quantitative estimate of drug-likeness (QED) is 0.424. The maximum atomic E-state index is 11.1. The minimum atomic E-state index is -0.428. The van der Waals surface area contributed by atoms with Crippen molar-refractivity contribution in [2.45, 2.75) is 6.92 Å². The van der Waals surface area contributed by atoms with Gasteiger partial charge in [-0.25, -0.2) is 0 Å². The van der Waals surface area contributed by atoms with Gasteiger partial charge in [0.25, 0.3) is 0 Å². The van der Waals surface area contributed by atoms with E-state index in [0.717, 1.165) is 6.54 Å². The Balaban J connectivity index is 1.97. The molecule has 6 nitrogen and oxygen atoms in total. The second-order valence-corrected chi connectivity index (χ2v) is 3.91. The van der Waals surface area contributed by atoms with Gasteiger partial charge in [0.05, 0.1) is 32.1 Å². The van der Waals surface area contributed by atoms with Crippen LogP contribution >= 0.6 is 0 Å². The van der Waals surface area contributed by atoms with E-state index in [1.807, 2.05) is 7.05 Å². The Hall–Kier alpha value is -1.24. The molecule has 102 valence electrons. The molecular weight excluding hydrogens is 236 g/mol. The van der Waals surface area contributed by atoms with Crippen LogP contribution in [0.15, 0.2) is 9.59 Å². The van der Waals surface area contributed by atoms with E-state index in [2.05, 4.69) is 10.6 Å². The molecule has 18 heavy (non-hydrogen) atoms. The number of nitrogens with one attached hydrogen (secondary N) is 2. The third kappa shape index (κ3) is 4.21. The van der Waals surface area contributed by atoms with Gasteiger partial charge in [-0.05, 0) is 14.0 Å². The Bertz CT molecular complexity index is 424. The molecule has 0 aromatic heterocycles. The molecule has 2 N–H and O–H groups in total. The Labute approximate surface area is 106 Å². The molecule has 0 saturated heterocycles. The molecule has 0 aliphatic heterocycles. The summed E-state index contributed by atoms with van der Waals surface area (Å²) in [7, 11) is 1.87. The minimum Gasteiger partial charge on any atom is -0.379 e. The fraction of sp³-hybridized carbons (Fsp3) is 0.667. The minimum absolute atomic E-state index is 0.392. The molecular formula is C12H20N2O4. The van der Waals surface area contributed by atoms with Crippen LogP contribution in [0.4, 0.5) is 5.69 Å². The Morgan fingerprint density at radius 3 is 2.11 bits per heavy atom. The predicted octanol–water partition coefficient (Wildman–Crippen LogP) is -0.744. The maximum absolute atomic E-state index is 11.1.